The number of nitrogens with zero attached hydrogens (tertiary/aromatic N) is 6. The number of alkyl carbamates (subject to hydrolysis) is 1. The number of aliphatic carboxylic acids is 1. The highest BCUT2D eigenvalue weighted by molar-refractivity contribution is 6.34. The Labute approximate surface area is 404 Å². The van der Waals surface area contributed by atoms with Gasteiger partial charge in [-0.25, -0.2) is 18.6 Å². The summed E-state index contributed by atoms with van der Waals surface area (Å²) in [5.74, 6) is -4.80. The molecule has 1 aliphatic heterocycles. The van der Waals surface area contributed by atoms with Crippen LogP contribution in [-0.4, -0.2) is 99.5 Å². The summed E-state index contributed by atoms with van der Waals surface area (Å²) in [5, 5.41) is 24.2. The van der Waals surface area contributed by atoms with Crippen molar-refractivity contribution in [2.75, 3.05) is 45.2 Å². The number of carbonyl (C=O) groups is 5. The monoisotopic (exact) mass is 973 g/mol. The van der Waals surface area contributed by atoms with Crippen LogP contribution in [0.1, 0.15) is 84.4 Å². The largest absolute Gasteiger partial charge is 0.544 e. The van der Waals surface area contributed by atoms with Gasteiger partial charge >= 0.3 is 6.09 Å². The van der Waals surface area contributed by atoms with Crippen LogP contribution in [0, 0.1) is 24.5 Å². The summed E-state index contributed by atoms with van der Waals surface area (Å²) in [6, 6.07) is 11.1. The Morgan fingerprint density at radius 2 is 1.62 bits per heavy atom. The molecule has 1 aliphatic rings. The van der Waals surface area contributed by atoms with Crippen LogP contribution in [0.4, 0.5) is 19.3 Å². The number of rotatable bonds is 19. The van der Waals surface area contributed by atoms with E-state index in [1.165, 1.54) is 54.3 Å². The van der Waals surface area contributed by atoms with Gasteiger partial charge in [0.2, 0.25) is 5.91 Å². The molecule has 0 spiro atoms. The highest BCUT2D eigenvalue weighted by atomic mass is 35.5. The number of carboxylic acid groups (broad SMARTS) is 1. The van der Waals surface area contributed by atoms with E-state index in [9.17, 15) is 29.1 Å². The van der Waals surface area contributed by atoms with E-state index in [4.69, 9.17) is 21.1 Å². The molecule has 4 amide bonds. The number of amides is 4. The molecule has 69 heavy (non-hydrogen) atoms. The minimum Gasteiger partial charge on any atom is -0.544 e. The maximum Gasteiger partial charge on any atom is 0.407 e. The van der Waals surface area contributed by atoms with Crippen molar-refractivity contribution in [1.82, 2.24) is 34.9 Å². The first-order valence-corrected chi connectivity index (χ1v) is 23.1. The molecule has 0 atom stereocenters. The fourth-order valence-corrected chi connectivity index (χ4v) is 8.38. The van der Waals surface area contributed by atoms with E-state index in [2.05, 4.69) is 26.0 Å². The van der Waals surface area contributed by atoms with Gasteiger partial charge in [0.15, 0.2) is 35.9 Å². The third-order valence-corrected chi connectivity index (χ3v) is 12.1. The van der Waals surface area contributed by atoms with Crippen LogP contribution in [-0.2, 0) is 52.0 Å². The van der Waals surface area contributed by atoms with E-state index in [-0.39, 0.29) is 63.2 Å². The van der Waals surface area contributed by atoms with Crippen LogP contribution in [0.5, 0.6) is 0 Å². The zero-order valence-electron chi connectivity index (χ0n) is 39.6. The molecule has 0 aliphatic carbocycles. The van der Waals surface area contributed by atoms with Crippen molar-refractivity contribution in [3.63, 3.8) is 0 Å². The highest BCUT2D eigenvalue weighted by Crippen LogP contribution is 2.33. The minimum absolute atomic E-state index is 0.0449. The molecule has 5 aromatic rings. The molecule has 4 heterocycles. The molecule has 0 unspecified atom stereocenters. The van der Waals surface area contributed by atoms with Gasteiger partial charge in [-0.1, -0.05) is 17.7 Å². The Kier molecular flexibility index (Phi) is 17.3. The first-order valence-electron chi connectivity index (χ1n) is 22.7. The summed E-state index contributed by atoms with van der Waals surface area (Å²) in [6.07, 6.45) is 7.22. The molecule has 0 radical (unpaired) electrons. The Balaban J connectivity index is 0.964. The van der Waals surface area contributed by atoms with Crippen LogP contribution in [0.15, 0.2) is 61.1 Å². The molecular weight excluding hydrogens is 916 g/mol. The molecule has 3 aromatic heterocycles. The lowest BCUT2D eigenvalue weighted by molar-refractivity contribution is -0.698. The summed E-state index contributed by atoms with van der Waals surface area (Å²) in [6.45, 7) is 9.11. The quantitative estimate of drug-likeness (QED) is 0.0730. The number of carboxylic acids is 1. The maximum absolute atomic E-state index is 15.6. The topological polar surface area (TPSA) is 206 Å². The number of likely N-dealkylation sites (tertiary alicyclic amines) is 1. The van der Waals surface area contributed by atoms with E-state index >= 15 is 8.78 Å². The fourth-order valence-electron chi connectivity index (χ4n) is 8.12. The molecule has 6 rings (SSSR count). The van der Waals surface area contributed by atoms with Gasteiger partial charge in [0.25, 0.3) is 11.8 Å². The Hall–Kier alpha value is -6.73. The molecule has 20 heteroatoms. The average Bonchev–Trinajstić information content (AvgIpc) is 3.87. The first-order chi connectivity index (χ1) is 32.8. The summed E-state index contributed by atoms with van der Waals surface area (Å²) in [5.41, 5.74) is 2.86. The third-order valence-electron chi connectivity index (χ3n) is 11.8. The van der Waals surface area contributed by atoms with E-state index in [0.717, 1.165) is 11.3 Å². The number of imidazole rings is 1. The first kappa shape index (κ1) is 51.7. The van der Waals surface area contributed by atoms with Gasteiger partial charge < -0.3 is 44.8 Å². The summed E-state index contributed by atoms with van der Waals surface area (Å²) in [4.78, 5) is 69.2. The van der Waals surface area contributed by atoms with Gasteiger partial charge in [-0.2, -0.15) is 9.67 Å². The molecule has 368 valence electrons. The predicted octanol–water partition coefficient (Wildman–Crippen LogP) is 5.19. The minimum atomic E-state index is -1.21. The van der Waals surface area contributed by atoms with Crippen LogP contribution < -0.4 is 25.6 Å². The lowest BCUT2D eigenvalue weighted by atomic mass is 9.95. The summed E-state index contributed by atoms with van der Waals surface area (Å²) in [7, 11) is 3.07. The van der Waals surface area contributed by atoms with Crippen molar-refractivity contribution in [3.8, 4) is 22.4 Å². The Bertz CT molecular complexity index is 2690. The van der Waals surface area contributed by atoms with Gasteiger partial charge in [-0.3, -0.25) is 19.1 Å². The number of ether oxygens (including phenoxy) is 2. The lowest BCUT2D eigenvalue weighted by Gasteiger charge is -2.31. The second-order valence-corrected chi connectivity index (χ2v) is 18.2. The van der Waals surface area contributed by atoms with Crippen molar-refractivity contribution >= 4 is 47.1 Å². The number of nitrogens with one attached hydrogen (secondary N) is 3. The van der Waals surface area contributed by atoms with Crippen molar-refractivity contribution < 1.29 is 51.9 Å². The van der Waals surface area contributed by atoms with E-state index in [1.54, 1.807) is 55.2 Å². The number of hydrogen-bond acceptors (Lipinski definition) is 10. The number of piperidine rings is 1. The molecule has 2 aromatic carbocycles. The predicted molar refractivity (Wildman–Crippen MR) is 250 cm³/mol. The van der Waals surface area contributed by atoms with Crippen molar-refractivity contribution in [2.24, 2.45) is 13.0 Å². The second kappa shape index (κ2) is 23.0. The van der Waals surface area contributed by atoms with Crippen molar-refractivity contribution in [2.45, 2.75) is 84.9 Å². The van der Waals surface area contributed by atoms with Crippen LogP contribution >= 0.6 is 11.6 Å². The van der Waals surface area contributed by atoms with E-state index in [0.29, 0.717) is 89.1 Å². The van der Waals surface area contributed by atoms with Crippen molar-refractivity contribution in [3.05, 3.63) is 106 Å². The van der Waals surface area contributed by atoms with Gasteiger partial charge in [-0.15, -0.1) is 0 Å². The van der Waals surface area contributed by atoms with Gasteiger partial charge in [0.05, 0.1) is 41.8 Å². The van der Waals surface area contributed by atoms with Crippen molar-refractivity contribution in [1.29, 1.82) is 0 Å². The zero-order valence-corrected chi connectivity index (χ0v) is 40.4. The van der Waals surface area contributed by atoms with Gasteiger partial charge in [-0.05, 0) is 89.6 Å². The van der Waals surface area contributed by atoms with E-state index in [1.807, 2.05) is 12.1 Å². The molecule has 3 N–H and O–H groups in total. The number of carbonyl (C=O) groups excluding carboxylic acids is 5. The van der Waals surface area contributed by atoms with Gasteiger partial charge in [0.1, 0.15) is 11.6 Å². The number of methoxy groups -OCH3 is 1. The number of halogens is 3. The lowest BCUT2D eigenvalue weighted by Crippen LogP contribution is -2.46. The maximum atomic E-state index is 15.6. The zero-order chi connectivity index (χ0) is 50.0. The number of pyridine rings is 1. The van der Waals surface area contributed by atoms with Crippen LogP contribution in [0.2, 0.25) is 5.02 Å². The molecular formula is C49H58ClF2N9O8. The standard InChI is InChI=1S/C49H58ClF2N9O8/c1-30-38(27-56-61(30)23-24-68-6)35-13-14-37(43(52)42(35)51)40-28-55-44(58(40)5)46(65)57-33-11-12-36(39(50)26-33)47(66)59-21-16-32(17-22-59)45(64)53-18-7-9-31-15-20-60(29-41(62)63)34(25-31)10-8-19-54-48(67)69-49(2,3)4/h11-15,20,25-28,32H,7-10,16-19,21-24,29H2,1-6H3,(H3-,53,54,57,62,63,64,65,66,67). The average molecular weight is 975 g/mol. The number of anilines is 1. The number of aromatic nitrogens is 5. The molecule has 17 nitrogen and oxygen atoms in total. The fraction of sp³-hybridized carbons (Fsp3) is 0.429. The van der Waals surface area contributed by atoms with Crippen LogP contribution in [0.3, 0.4) is 0 Å². The summed E-state index contributed by atoms with van der Waals surface area (Å²) < 4.78 is 46.1. The molecule has 0 saturated carbocycles. The third kappa shape index (κ3) is 13.3. The number of hydrogen-bond donors (Lipinski definition) is 3. The Morgan fingerprint density at radius 3 is 2.32 bits per heavy atom. The molecule has 1 fully saturated rings. The molecule has 1 saturated heterocycles. The highest BCUT2D eigenvalue weighted by Gasteiger charge is 2.29. The van der Waals surface area contributed by atoms with Gasteiger partial charge in [0, 0.05) is 92.9 Å². The number of aryl methyl sites for hydroxylation is 2. The normalized spacial score (nSPS) is 13.0. The van der Waals surface area contributed by atoms with Crippen LogP contribution in [0.25, 0.3) is 22.4 Å². The Morgan fingerprint density at radius 1 is 0.928 bits per heavy atom. The molecule has 0 bridgehead atoms. The van der Waals surface area contributed by atoms with E-state index < -0.39 is 35.2 Å². The summed E-state index contributed by atoms with van der Waals surface area (Å²) >= 11 is 6.58. The smallest absolute Gasteiger partial charge is 0.407 e. The number of benzene rings is 2. The SMILES string of the molecule is COCCn1ncc(-c2ccc(-c3cnc(C(=O)Nc4ccc(C(=O)N5CCC(C(=O)NCCCc6cc[n+](CC(=O)[O-])c(CCCNC(=O)OC(C)(C)C)c6)CC5)c(Cl)c4)n3C)c(F)c2F)c1C. The second-order valence-electron chi connectivity index (χ2n) is 17.8.